The number of rotatable bonds is 7. The van der Waals surface area contributed by atoms with Crippen LogP contribution in [0.4, 0.5) is 11.4 Å². The van der Waals surface area contributed by atoms with Crippen LogP contribution in [0.15, 0.2) is 95.0 Å². The Morgan fingerprint density at radius 1 is 0.833 bits per heavy atom. The molecule has 14 heteroatoms. The quantitative estimate of drug-likeness (QED) is 0.141. The third-order valence-corrected chi connectivity index (χ3v) is 12.5. The van der Waals surface area contributed by atoms with Crippen LogP contribution in [-0.4, -0.2) is 48.0 Å². The number of carbonyl (C=O) groups excluding carboxylic acids is 4. The fraction of sp³-hybridized carbons (Fsp3) is 0.250. The lowest BCUT2D eigenvalue weighted by Gasteiger charge is -2.50. The van der Waals surface area contributed by atoms with Crippen LogP contribution >= 0.6 is 50.7 Å². The number of nitrogens with one attached hydrogen (secondary N) is 1. The van der Waals surface area contributed by atoms with Gasteiger partial charge in [-0.25, -0.2) is 0 Å². The third-order valence-electron chi connectivity index (χ3n) is 11.3. The van der Waals surface area contributed by atoms with Crippen LogP contribution < -0.4 is 19.8 Å². The average Bonchev–Trinajstić information content (AvgIpc) is 3.54. The van der Waals surface area contributed by atoms with E-state index in [1.54, 1.807) is 72.8 Å². The topological polar surface area (TPSA) is 125 Å². The van der Waals surface area contributed by atoms with Gasteiger partial charge in [0.05, 0.1) is 53.8 Å². The normalized spacial score (nSPS) is 26.0. The molecule has 0 radical (unpaired) electrons. The highest BCUT2D eigenvalue weighted by Crippen LogP contribution is 2.65. The van der Waals surface area contributed by atoms with Crippen LogP contribution in [0, 0.1) is 23.7 Å². The molecule has 4 amide bonds. The number of phenols is 1. The van der Waals surface area contributed by atoms with Gasteiger partial charge in [-0.3, -0.25) is 29.5 Å². The molecule has 4 aromatic rings. The van der Waals surface area contributed by atoms with Crippen LogP contribution in [0.2, 0.25) is 15.1 Å². The largest absolute Gasteiger partial charge is 0.504 e. The van der Waals surface area contributed by atoms with Gasteiger partial charge in [0.25, 0.3) is 11.8 Å². The summed E-state index contributed by atoms with van der Waals surface area (Å²) in [6.45, 7) is 0. The highest BCUT2D eigenvalue weighted by Gasteiger charge is 2.71. The van der Waals surface area contributed by atoms with E-state index >= 15 is 4.79 Å². The first-order valence-electron chi connectivity index (χ1n) is 17.0. The van der Waals surface area contributed by atoms with Crippen molar-refractivity contribution in [1.82, 2.24) is 5.01 Å². The molecule has 0 spiro atoms. The van der Waals surface area contributed by atoms with E-state index in [0.29, 0.717) is 42.7 Å². The summed E-state index contributed by atoms with van der Waals surface area (Å²) in [6, 6.07) is 21.3. The molecule has 2 saturated heterocycles. The summed E-state index contributed by atoms with van der Waals surface area (Å²) in [5, 5.41) is 13.9. The number of benzene rings is 4. The minimum Gasteiger partial charge on any atom is -0.504 e. The molecule has 1 saturated carbocycles. The molecule has 276 valence electrons. The van der Waals surface area contributed by atoms with Crippen molar-refractivity contribution in [2.75, 3.05) is 24.5 Å². The standard InChI is InChI=1S/C40H31BrCl3N3O7/c1-53-24-10-3-19(4-11-24)40-29(37(50)47(39(40)52)45-31-14-7-22(43)17-30(31)44)18-27-25(34(40)28-15-20(41)16-32(54-2)35(28)48)12-13-26-33(27)38(51)46(36(26)49)23-8-5-21(42)6-9-23/h3-12,14-17,26-27,29,33-34,45,48H,13,18H2,1-2H3. The number of halogens is 4. The SMILES string of the molecule is COc1ccc(C23C(=O)N(Nc4ccc(Cl)cc4Cl)C(=O)C2CC2C(=CCC4C(=O)N(c5ccc(Cl)cc5)C(=O)C42)C3c2cc(Br)cc(OC)c2O)cc1. The van der Waals surface area contributed by atoms with Crippen molar-refractivity contribution in [3.63, 3.8) is 0 Å². The minimum absolute atomic E-state index is 0.0476. The highest BCUT2D eigenvalue weighted by atomic mass is 79.9. The zero-order chi connectivity index (χ0) is 38.2. The predicted octanol–water partition coefficient (Wildman–Crippen LogP) is 8.32. The van der Waals surface area contributed by atoms with Crippen LogP contribution in [0.3, 0.4) is 0 Å². The first-order valence-corrected chi connectivity index (χ1v) is 19.0. The lowest BCUT2D eigenvalue weighted by Crippen LogP contribution is -2.53. The van der Waals surface area contributed by atoms with Crippen molar-refractivity contribution in [2.45, 2.75) is 24.2 Å². The first-order chi connectivity index (χ1) is 25.9. The van der Waals surface area contributed by atoms with Crippen molar-refractivity contribution in [2.24, 2.45) is 23.7 Å². The molecule has 8 rings (SSSR count). The number of aromatic hydroxyl groups is 1. The molecule has 2 heterocycles. The number of amides is 4. The van der Waals surface area contributed by atoms with E-state index in [2.05, 4.69) is 21.4 Å². The number of hydrazine groups is 1. The highest BCUT2D eigenvalue weighted by molar-refractivity contribution is 9.10. The van der Waals surface area contributed by atoms with Gasteiger partial charge in [0.2, 0.25) is 11.8 Å². The van der Waals surface area contributed by atoms with E-state index in [0.717, 1.165) is 5.01 Å². The Morgan fingerprint density at radius 2 is 1.54 bits per heavy atom. The minimum atomic E-state index is -1.67. The van der Waals surface area contributed by atoms with E-state index in [9.17, 15) is 19.5 Å². The Bertz CT molecular complexity index is 2290. The van der Waals surface area contributed by atoms with Crippen LogP contribution in [0.25, 0.3) is 0 Å². The molecular weight excluding hydrogens is 821 g/mol. The van der Waals surface area contributed by atoms with Gasteiger partial charge in [-0.1, -0.05) is 74.5 Å². The fourth-order valence-corrected chi connectivity index (χ4v) is 10.0. The number of allylic oxidation sites excluding steroid dienone is 2. The van der Waals surface area contributed by atoms with E-state index in [1.807, 2.05) is 6.08 Å². The lowest BCUT2D eigenvalue weighted by atomic mass is 9.49. The second-order valence-electron chi connectivity index (χ2n) is 13.7. The van der Waals surface area contributed by atoms with E-state index in [1.165, 1.54) is 25.2 Å². The van der Waals surface area contributed by atoms with Crippen molar-refractivity contribution in [3.8, 4) is 17.2 Å². The maximum Gasteiger partial charge on any atom is 0.260 e. The number of phenolic OH excluding ortho intramolecular Hbond substituents is 1. The van der Waals surface area contributed by atoms with Crippen LogP contribution in [0.1, 0.15) is 29.9 Å². The average molecular weight is 852 g/mol. The van der Waals surface area contributed by atoms with Crippen LogP contribution in [0.5, 0.6) is 17.2 Å². The summed E-state index contributed by atoms with van der Waals surface area (Å²) < 4.78 is 11.6. The Kier molecular flexibility index (Phi) is 9.20. The van der Waals surface area contributed by atoms with Gasteiger partial charge >= 0.3 is 0 Å². The van der Waals surface area contributed by atoms with Crippen molar-refractivity contribution in [3.05, 3.63) is 121 Å². The molecule has 10 nitrogen and oxygen atoms in total. The monoisotopic (exact) mass is 849 g/mol. The molecule has 3 fully saturated rings. The van der Waals surface area contributed by atoms with Gasteiger partial charge < -0.3 is 14.6 Å². The zero-order valence-corrected chi connectivity index (χ0v) is 32.5. The third kappa shape index (κ3) is 5.42. The van der Waals surface area contributed by atoms with Crippen molar-refractivity contribution in [1.29, 1.82) is 0 Å². The van der Waals surface area contributed by atoms with Gasteiger partial charge in [-0.2, -0.15) is 5.01 Å². The van der Waals surface area contributed by atoms with E-state index in [4.69, 9.17) is 44.3 Å². The molecule has 54 heavy (non-hydrogen) atoms. The number of methoxy groups -OCH3 is 2. The number of imide groups is 2. The number of nitrogens with zero attached hydrogens (tertiary/aromatic N) is 2. The Morgan fingerprint density at radius 3 is 2.20 bits per heavy atom. The molecule has 2 N–H and O–H groups in total. The maximum absolute atomic E-state index is 15.5. The summed E-state index contributed by atoms with van der Waals surface area (Å²) >= 11 is 22.4. The van der Waals surface area contributed by atoms with E-state index < -0.39 is 52.7 Å². The van der Waals surface area contributed by atoms with Gasteiger partial charge in [0.15, 0.2) is 11.5 Å². The zero-order valence-electron chi connectivity index (χ0n) is 28.7. The maximum atomic E-state index is 15.5. The Labute approximate surface area is 333 Å². The van der Waals surface area contributed by atoms with Crippen molar-refractivity contribution < 1.29 is 33.8 Å². The number of fused-ring (bicyclic) bond motifs is 4. The number of ether oxygens (including phenoxy) is 2. The molecular formula is C40H31BrCl3N3O7. The Balaban J connectivity index is 1.36. The predicted molar refractivity (Wildman–Crippen MR) is 207 cm³/mol. The number of hydrogen-bond donors (Lipinski definition) is 2. The second kappa shape index (κ2) is 13.6. The molecule has 4 aromatic carbocycles. The molecule has 6 atom stereocenters. The van der Waals surface area contributed by atoms with Gasteiger partial charge in [-0.05, 0) is 91.1 Å². The summed E-state index contributed by atoms with van der Waals surface area (Å²) in [5.74, 6) is -5.83. The lowest BCUT2D eigenvalue weighted by molar-refractivity contribution is -0.138. The number of carbonyl (C=O) groups is 4. The molecule has 2 aliphatic carbocycles. The molecule has 4 aliphatic rings. The summed E-state index contributed by atoms with van der Waals surface area (Å²) in [7, 11) is 2.94. The van der Waals surface area contributed by atoms with Gasteiger partial charge in [0, 0.05) is 26.0 Å². The van der Waals surface area contributed by atoms with Gasteiger partial charge in [0.1, 0.15) is 5.75 Å². The molecule has 6 unspecified atom stereocenters. The van der Waals surface area contributed by atoms with Crippen LogP contribution in [-0.2, 0) is 24.6 Å². The molecule has 2 aliphatic heterocycles. The number of hydrogen-bond acceptors (Lipinski definition) is 8. The van der Waals surface area contributed by atoms with Crippen molar-refractivity contribution >= 4 is 85.7 Å². The first kappa shape index (κ1) is 36.4. The second-order valence-corrected chi connectivity index (χ2v) is 15.9. The summed E-state index contributed by atoms with van der Waals surface area (Å²) in [6.07, 6.45) is 2.15. The summed E-state index contributed by atoms with van der Waals surface area (Å²) in [4.78, 5) is 60.2. The van der Waals surface area contributed by atoms with Gasteiger partial charge in [-0.15, -0.1) is 0 Å². The summed E-state index contributed by atoms with van der Waals surface area (Å²) in [5.41, 5.74) is 3.40. The Hall–Kier alpha value is -4.55. The molecule has 0 aromatic heterocycles. The fourth-order valence-electron chi connectivity index (χ4n) is 9.00. The number of anilines is 2. The van der Waals surface area contributed by atoms with E-state index in [-0.39, 0.29) is 41.0 Å². The molecule has 0 bridgehead atoms. The smallest absolute Gasteiger partial charge is 0.260 e.